The van der Waals surface area contributed by atoms with Crippen LogP contribution in [0.3, 0.4) is 0 Å². The molecule has 0 aromatic heterocycles. The summed E-state index contributed by atoms with van der Waals surface area (Å²) in [4.78, 5) is 62.5. The Morgan fingerprint density at radius 1 is 0.922 bits per heavy atom. The third-order valence-electron chi connectivity index (χ3n) is 10.7. The molecule has 1 N–H and O–H groups in total. The summed E-state index contributed by atoms with van der Waals surface area (Å²) in [5.41, 5.74) is 0.167. The lowest BCUT2D eigenvalue weighted by Gasteiger charge is -2.38. The van der Waals surface area contributed by atoms with Crippen LogP contribution >= 0.6 is 11.6 Å². The van der Waals surface area contributed by atoms with E-state index in [4.69, 9.17) is 21.1 Å². The molecule has 7 rings (SSSR count). The number of rotatable bonds is 5. The SMILES string of the molecule is C[C@H]1[C@H](c2ccccc2)OC(=O)[C@@H]2[C@H](/C=C\CCC(=O)N1C)O[C@@]13C=CCN(c4ccccc4Cl)C(=O)[C@@H]1N([C@H](CO)c1ccccc1)C(=O)[C@@H]23. The molecule has 8 atom stereocenters. The lowest BCUT2D eigenvalue weighted by atomic mass is 9.77. The summed E-state index contributed by atoms with van der Waals surface area (Å²) >= 11 is 6.62. The largest absolute Gasteiger partial charge is 0.455 e. The van der Waals surface area contributed by atoms with Gasteiger partial charge in [0.05, 0.1) is 41.4 Å². The number of amides is 3. The zero-order valence-electron chi connectivity index (χ0n) is 28.4. The first-order valence-electron chi connectivity index (χ1n) is 17.2. The van der Waals surface area contributed by atoms with Crippen molar-refractivity contribution in [1.82, 2.24) is 9.80 Å². The fraction of sp³-hybridized carbons (Fsp3) is 0.350. The number of carbonyl (C=O) groups excluding carboxylic acids is 4. The number of hydrogen-bond donors (Lipinski definition) is 1. The Morgan fingerprint density at radius 3 is 2.31 bits per heavy atom. The molecule has 3 amide bonds. The van der Waals surface area contributed by atoms with Gasteiger partial charge in [-0.2, -0.15) is 0 Å². The predicted molar refractivity (Wildman–Crippen MR) is 190 cm³/mol. The predicted octanol–water partition coefficient (Wildman–Crippen LogP) is 5.04. The fourth-order valence-corrected chi connectivity index (χ4v) is 8.32. The number of benzene rings is 3. The molecule has 2 saturated heterocycles. The molecular weight excluding hydrogens is 670 g/mol. The Labute approximate surface area is 301 Å². The number of anilines is 1. The van der Waals surface area contributed by atoms with Crippen molar-refractivity contribution in [2.24, 2.45) is 11.8 Å². The zero-order chi connectivity index (χ0) is 35.9. The van der Waals surface area contributed by atoms with Gasteiger partial charge in [0, 0.05) is 20.0 Å². The van der Waals surface area contributed by atoms with Crippen LogP contribution in [0.1, 0.15) is 43.0 Å². The van der Waals surface area contributed by atoms with Gasteiger partial charge < -0.3 is 29.3 Å². The second-order valence-electron chi connectivity index (χ2n) is 13.5. The number of aliphatic hydroxyl groups excluding tert-OH is 1. The number of allylic oxidation sites excluding steroid dienone is 1. The van der Waals surface area contributed by atoms with Gasteiger partial charge in [0.1, 0.15) is 23.7 Å². The van der Waals surface area contributed by atoms with Crippen LogP contribution in [-0.4, -0.2) is 82.6 Å². The summed E-state index contributed by atoms with van der Waals surface area (Å²) < 4.78 is 13.2. The molecule has 4 heterocycles. The lowest BCUT2D eigenvalue weighted by Crippen LogP contribution is -2.56. The zero-order valence-corrected chi connectivity index (χ0v) is 29.1. The Morgan fingerprint density at radius 2 is 1.61 bits per heavy atom. The first kappa shape index (κ1) is 34.7. The molecule has 4 aliphatic rings. The first-order chi connectivity index (χ1) is 24.7. The van der Waals surface area contributed by atoms with Crippen LogP contribution in [0.5, 0.6) is 0 Å². The van der Waals surface area contributed by atoms with Crippen molar-refractivity contribution in [3.05, 3.63) is 125 Å². The van der Waals surface area contributed by atoms with E-state index in [0.29, 0.717) is 28.3 Å². The second kappa shape index (κ2) is 14.1. The van der Waals surface area contributed by atoms with E-state index in [-0.39, 0.29) is 18.9 Å². The van der Waals surface area contributed by atoms with Crippen molar-refractivity contribution in [2.45, 2.75) is 55.7 Å². The molecule has 0 unspecified atom stereocenters. The number of hydrogen-bond acceptors (Lipinski definition) is 7. The Hall–Kier alpha value is -4.77. The van der Waals surface area contributed by atoms with Gasteiger partial charge in [-0.05, 0) is 36.6 Å². The van der Waals surface area contributed by atoms with Gasteiger partial charge in [-0.15, -0.1) is 0 Å². The molecule has 0 saturated carbocycles. The van der Waals surface area contributed by atoms with E-state index < -0.39 is 72.2 Å². The van der Waals surface area contributed by atoms with Crippen molar-refractivity contribution in [3.8, 4) is 0 Å². The quantitative estimate of drug-likeness (QED) is 0.292. The maximum absolute atomic E-state index is 15.1. The number of carbonyl (C=O) groups is 4. The minimum Gasteiger partial charge on any atom is -0.455 e. The molecule has 0 radical (unpaired) electrons. The van der Waals surface area contributed by atoms with E-state index in [1.54, 1.807) is 84.8 Å². The molecule has 4 aliphatic heterocycles. The third kappa shape index (κ3) is 5.95. The number of nitrogens with zero attached hydrogens (tertiary/aromatic N) is 3. The molecule has 0 bridgehead atoms. The number of esters is 1. The van der Waals surface area contributed by atoms with E-state index in [2.05, 4.69) is 0 Å². The minimum atomic E-state index is -1.61. The van der Waals surface area contributed by atoms with Crippen LogP contribution in [0, 0.1) is 11.8 Å². The Bertz CT molecular complexity index is 1870. The number of aliphatic hydroxyl groups is 1. The highest BCUT2D eigenvalue weighted by Gasteiger charge is 2.73. The van der Waals surface area contributed by atoms with Crippen LogP contribution in [0.2, 0.25) is 5.02 Å². The monoisotopic (exact) mass is 709 g/mol. The van der Waals surface area contributed by atoms with Crippen LogP contribution in [-0.2, 0) is 28.7 Å². The summed E-state index contributed by atoms with van der Waals surface area (Å²) in [7, 11) is 1.69. The van der Waals surface area contributed by atoms with Crippen LogP contribution in [0.25, 0.3) is 0 Å². The second-order valence-corrected chi connectivity index (χ2v) is 13.9. The fourth-order valence-electron chi connectivity index (χ4n) is 8.08. The average molecular weight is 710 g/mol. The van der Waals surface area contributed by atoms with E-state index in [1.165, 1.54) is 9.80 Å². The molecule has 264 valence electrons. The molecular formula is C40H40ClN3O7. The first-order valence-corrected chi connectivity index (χ1v) is 17.6. The summed E-state index contributed by atoms with van der Waals surface area (Å²) in [6, 6.07) is 22.4. The minimum absolute atomic E-state index is 0.108. The highest BCUT2D eigenvalue weighted by Crippen LogP contribution is 2.55. The third-order valence-corrected chi connectivity index (χ3v) is 11.0. The molecule has 1 spiro atoms. The van der Waals surface area contributed by atoms with Crippen molar-refractivity contribution < 1.29 is 33.8 Å². The maximum atomic E-state index is 15.1. The summed E-state index contributed by atoms with van der Waals surface area (Å²) in [6.45, 7) is 1.48. The van der Waals surface area contributed by atoms with Gasteiger partial charge in [0.2, 0.25) is 11.8 Å². The maximum Gasteiger partial charge on any atom is 0.313 e. The van der Waals surface area contributed by atoms with Gasteiger partial charge >= 0.3 is 5.97 Å². The number of ether oxygens (including phenoxy) is 2. The smallest absolute Gasteiger partial charge is 0.313 e. The Kier molecular flexibility index (Phi) is 9.58. The molecule has 3 aromatic carbocycles. The van der Waals surface area contributed by atoms with Gasteiger partial charge in [0.15, 0.2) is 0 Å². The normalized spacial score (nSPS) is 30.8. The van der Waals surface area contributed by atoms with Gasteiger partial charge in [-0.3, -0.25) is 19.2 Å². The molecule has 51 heavy (non-hydrogen) atoms. The summed E-state index contributed by atoms with van der Waals surface area (Å²) in [5, 5.41) is 11.2. The standard InChI is InChI=1S/C40H40ClN3O7/c1-25-35(27-16-7-4-8-17-27)50-39(49)33-31(20-11-12-21-32(46)42(25)2)51-40-22-13-23-43(29-19-10-9-18-28(29)41)38(48)36(40)44(37(47)34(33)40)30(24-45)26-14-5-3-6-15-26/h3-11,13-20,22,25,30-31,33-36,45H,12,21,23-24H2,1-2H3/b20-11-/t25-,30+,31-,33+,34+,35+,36-,40+/m0/s1. The summed E-state index contributed by atoms with van der Waals surface area (Å²) in [6.07, 6.45) is 5.78. The topological polar surface area (TPSA) is 117 Å². The van der Waals surface area contributed by atoms with Crippen molar-refractivity contribution >= 4 is 41.0 Å². The van der Waals surface area contributed by atoms with Gasteiger partial charge in [-0.25, -0.2) is 0 Å². The van der Waals surface area contributed by atoms with Crippen molar-refractivity contribution in [1.29, 1.82) is 0 Å². The highest BCUT2D eigenvalue weighted by molar-refractivity contribution is 6.34. The summed E-state index contributed by atoms with van der Waals surface area (Å²) in [5.74, 6) is -4.10. The lowest BCUT2D eigenvalue weighted by molar-refractivity contribution is -0.164. The van der Waals surface area contributed by atoms with Crippen molar-refractivity contribution in [3.63, 3.8) is 0 Å². The van der Waals surface area contributed by atoms with E-state index >= 15 is 4.79 Å². The highest BCUT2D eigenvalue weighted by atomic mass is 35.5. The van der Waals surface area contributed by atoms with Crippen LogP contribution < -0.4 is 4.90 Å². The van der Waals surface area contributed by atoms with Crippen molar-refractivity contribution in [2.75, 3.05) is 25.1 Å². The number of likely N-dealkylation sites (N-methyl/N-ethyl adjacent to an activating group) is 1. The Balaban J connectivity index is 1.38. The molecule has 10 nitrogen and oxygen atoms in total. The number of likely N-dealkylation sites (tertiary alicyclic amines) is 1. The van der Waals surface area contributed by atoms with Gasteiger partial charge in [0.25, 0.3) is 5.91 Å². The average Bonchev–Trinajstić information content (AvgIpc) is 3.53. The number of halogens is 1. The van der Waals surface area contributed by atoms with E-state index in [1.807, 2.05) is 43.3 Å². The van der Waals surface area contributed by atoms with Crippen LogP contribution in [0.4, 0.5) is 5.69 Å². The van der Waals surface area contributed by atoms with Crippen LogP contribution in [0.15, 0.2) is 109 Å². The van der Waals surface area contributed by atoms with Gasteiger partial charge in [-0.1, -0.05) is 109 Å². The molecule has 3 aromatic rings. The number of para-hydroxylation sites is 1. The van der Waals surface area contributed by atoms with E-state index in [0.717, 1.165) is 0 Å². The number of cyclic esters (lactones) is 1. The molecule has 11 heteroatoms. The molecule has 0 aliphatic carbocycles. The molecule has 2 fully saturated rings. The number of fused-ring (bicyclic) bond motifs is 2. The van der Waals surface area contributed by atoms with E-state index in [9.17, 15) is 19.5 Å².